The Kier molecular flexibility index (Phi) is 4.44. The number of carbonyl (C=O) groups is 1. The number of hydrogen-bond donors (Lipinski definition) is 1. The van der Waals surface area contributed by atoms with E-state index in [0.717, 1.165) is 22.4 Å². The molecule has 0 fully saturated rings. The Morgan fingerprint density at radius 2 is 1.71 bits per heavy atom. The van der Waals surface area contributed by atoms with E-state index in [1.807, 2.05) is 5.38 Å². The molecule has 3 nitrogen and oxygen atoms in total. The minimum atomic E-state index is -0.367. The fraction of sp³-hybridized carbons (Fsp3) is 0.158. The molecule has 1 heterocycles. The van der Waals surface area contributed by atoms with Crippen LogP contribution in [0.5, 0.6) is 0 Å². The second kappa shape index (κ2) is 6.53. The van der Waals surface area contributed by atoms with E-state index in [1.165, 1.54) is 41.2 Å². The summed E-state index contributed by atoms with van der Waals surface area (Å²) in [5, 5.41) is 5.23. The fourth-order valence-corrected chi connectivity index (χ4v) is 3.50. The summed E-state index contributed by atoms with van der Waals surface area (Å²) >= 11 is 1.38. The normalized spacial score (nSPS) is 10.7. The number of nitrogens with one attached hydrogen (secondary N) is 1. The van der Waals surface area contributed by atoms with Crippen molar-refractivity contribution in [2.45, 2.75) is 20.8 Å². The first-order valence-corrected chi connectivity index (χ1v) is 8.42. The van der Waals surface area contributed by atoms with Gasteiger partial charge in [-0.2, -0.15) is 0 Å². The lowest BCUT2D eigenvalue weighted by atomic mass is 9.98. The van der Waals surface area contributed by atoms with Crippen molar-refractivity contribution in [3.8, 4) is 11.3 Å². The molecule has 122 valence electrons. The number of anilines is 1. The van der Waals surface area contributed by atoms with E-state index in [4.69, 9.17) is 0 Å². The van der Waals surface area contributed by atoms with Crippen LogP contribution in [-0.4, -0.2) is 10.9 Å². The van der Waals surface area contributed by atoms with Crippen molar-refractivity contribution in [2.24, 2.45) is 0 Å². The van der Waals surface area contributed by atoms with Gasteiger partial charge in [-0.3, -0.25) is 10.1 Å². The highest BCUT2D eigenvalue weighted by Gasteiger charge is 2.13. The van der Waals surface area contributed by atoms with E-state index in [1.54, 1.807) is 0 Å². The summed E-state index contributed by atoms with van der Waals surface area (Å²) < 4.78 is 12.9. The van der Waals surface area contributed by atoms with E-state index >= 15 is 0 Å². The van der Waals surface area contributed by atoms with Gasteiger partial charge in [-0.05, 0) is 56.2 Å². The Labute approximate surface area is 144 Å². The minimum absolute atomic E-state index is 0.298. The molecule has 0 atom stereocenters. The smallest absolute Gasteiger partial charge is 0.257 e. The Morgan fingerprint density at radius 3 is 2.33 bits per heavy atom. The van der Waals surface area contributed by atoms with Crippen molar-refractivity contribution in [3.05, 3.63) is 69.8 Å². The molecule has 24 heavy (non-hydrogen) atoms. The van der Waals surface area contributed by atoms with Gasteiger partial charge in [0.1, 0.15) is 5.82 Å². The number of aromatic nitrogens is 1. The number of nitrogens with zero attached hydrogens (tertiary/aromatic N) is 1. The number of halogens is 1. The fourth-order valence-electron chi connectivity index (χ4n) is 2.80. The van der Waals surface area contributed by atoms with Gasteiger partial charge in [0.25, 0.3) is 5.91 Å². The van der Waals surface area contributed by atoms with Crippen LogP contribution < -0.4 is 5.32 Å². The Hall–Kier alpha value is -2.53. The number of benzene rings is 2. The lowest BCUT2D eigenvalue weighted by Crippen LogP contribution is -2.11. The summed E-state index contributed by atoms with van der Waals surface area (Å²) in [6.45, 7) is 6.19. The van der Waals surface area contributed by atoms with Gasteiger partial charge in [-0.25, -0.2) is 9.37 Å². The SMILES string of the molecule is Cc1cc(C)c(-c2csc(NC(=O)c3ccc(F)cc3)n2)c(C)c1. The molecule has 0 unspecified atom stereocenters. The lowest BCUT2D eigenvalue weighted by Gasteiger charge is -2.08. The Morgan fingerprint density at radius 1 is 1.08 bits per heavy atom. The maximum Gasteiger partial charge on any atom is 0.257 e. The maximum absolute atomic E-state index is 12.9. The summed E-state index contributed by atoms with van der Waals surface area (Å²) in [4.78, 5) is 16.7. The van der Waals surface area contributed by atoms with E-state index in [-0.39, 0.29) is 11.7 Å². The molecular weight excluding hydrogens is 323 g/mol. The molecule has 0 spiro atoms. The predicted molar refractivity (Wildman–Crippen MR) is 96.1 cm³/mol. The van der Waals surface area contributed by atoms with Crippen molar-refractivity contribution < 1.29 is 9.18 Å². The molecule has 2 aromatic carbocycles. The zero-order chi connectivity index (χ0) is 17.3. The van der Waals surface area contributed by atoms with E-state index in [0.29, 0.717) is 10.7 Å². The maximum atomic E-state index is 12.9. The standard InChI is InChI=1S/C19H17FN2OS/c1-11-8-12(2)17(13(3)9-11)16-10-24-19(21-16)22-18(23)14-4-6-15(20)7-5-14/h4-10H,1-3H3,(H,21,22,23). The number of rotatable bonds is 3. The average molecular weight is 340 g/mol. The van der Waals surface area contributed by atoms with Crippen LogP contribution in [0.2, 0.25) is 0 Å². The third-order valence-corrected chi connectivity index (χ3v) is 4.52. The number of amides is 1. The molecule has 1 aromatic heterocycles. The van der Waals surface area contributed by atoms with Gasteiger partial charge >= 0.3 is 0 Å². The van der Waals surface area contributed by atoms with Crippen LogP contribution in [0.1, 0.15) is 27.0 Å². The van der Waals surface area contributed by atoms with Crippen LogP contribution in [-0.2, 0) is 0 Å². The van der Waals surface area contributed by atoms with Crippen molar-refractivity contribution >= 4 is 22.4 Å². The zero-order valence-corrected chi connectivity index (χ0v) is 14.5. The first-order valence-electron chi connectivity index (χ1n) is 7.54. The van der Waals surface area contributed by atoms with Crippen LogP contribution >= 0.6 is 11.3 Å². The van der Waals surface area contributed by atoms with Crippen molar-refractivity contribution in [1.29, 1.82) is 0 Å². The van der Waals surface area contributed by atoms with Crippen LogP contribution in [0, 0.1) is 26.6 Å². The van der Waals surface area contributed by atoms with Gasteiger partial charge in [-0.1, -0.05) is 17.7 Å². The minimum Gasteiger partial charge on any atom is -0.298 e. The number of carbonyl (C=O) groups excluding carboxylic acids is 1. The highest BCUT2D eigenvalue weighted by atomic mass is 32.1. The summed E-state index contributed by atoms with van der Waals surface area (Å²) in [7, 11) is 0. The van der Waals surface area contributed by atoms with Gasteiger partial charge < -0.3 is 0 Å². The van der Waals surface area contributed by atoms with Gasteiger partial charge in [0.15, 0.2) is 5.13 Å². The summed E-state index contributed by atoms with van der Waals surface area (Å²) in [5.74, 6) is -0.665. The van der Waals surface area contributed by atoms with Crippen molar-refractivity contribution in [1.82, 2.24) is 4.98 Å². The Bertz CT molecular complexity index is 877. The van der Waals surface area contributed by atoms with Gasteiger partial charge in [0.05, 0.1) is 5.69 Å². The third kappa shape index (κ3) is 3.36. The Balaban J connectivity index is 1.84. The van der Waals surface area contributed by atoms with Gasteiger partial charge in [0, 0.05) is 16.5 Å². The van der Waals surface area contributed by atoms with E-state index < -0.39 is 0 Å². The largest absolute Gasteiger partial charge is 0.298 e. The second-order valence-electron chi connectivity index (χ2n) is 5.77. The van der Waals surface area contributed by atoms with Crippen molar-refractivity contribution in [3.63, 3.8) is 0 Å². The molecule has 5 heteroatoms. The monoisotopic (exact) mass is 340 g/mol. The molecule has 0 saturated carbocycles. The predicted octanol–water partition coefficient (Wildman–Crippen LogP) is 5.13. The van der Waals surface area contributed by atoms with Crippen molar-refractivity contribution in [2.75, 3.05) is 5.32 Å². The number of thiazole rings is 1. The molecule has 1 amide bonds. The highest BCUT2D eigenvalue weighted by molar-refractivity contribution is 7.14. The molecule has 3 aromatic rings. The molecule has 0 radical (unpaired) electrons. The second-order valence-corrected chi connectivity index (χ2v) is 6.63. The highest BCUT2D eigenvalue weighted by Crippen LogP contribution is 2.31. The topological polar surface area (TPSA) is 42.0 Å². The molecule has 0 saturated heterocycles. The molecular formula is C19H17FN2OS. The zero-order valence-electron chi connectivity index (χ0n) is 13.7. The summed E-state index contributed by atoms with van der Waals surface area (Å²) in [6.07, 6.45) is 0. The van der Waals surface area contributed by atoms with Gasteiger partial charge in [0.2, 0.25) is 0 Å². The molecule has 0 aliphatic heterocycles. The average Bonchev–Trinajstić information content (AvgIpc) is 2.95. The first kappa shape index (κ1) is 16.3. The lowest BCUT2D eigenvalue weighted by molar-refractivity contribution is 0.102. The summed E-state index contributed by atoms with van der Waals surface area (Å²) in [6, 6.07) is 9.68. The molecule has 0 aliphatic carbocycles. The van der Waals surface area contributed by atoms with E-state index in [9.17, 15) is 9.18 Å². The molecule has 0 aliphatic rings. The van der Waals surface area contributed by atoms with Crippen LogP contribution in [0.4, 0.5) is 9.52 Å². The van der Waals surface area contributed by atoms with Crippen LogP contribution in [0.25, 0.3) is 11.3 Å². The van der Waals surface area contributed by atoms with E-state index in [2.05, 4.69) is 43.2 Å². The van der Waals surface area contributed by atoms with Crippen LogP contribution in [0.15, 0.2) is 41.8 Å². The quantitative estimate of drug-likeness (QED) is 0.718. The summed E-state index contributed by atoms with van der Waals surface area (Å²) in [5.41, 5.74) is 5.89. The van der Waals surface area contributed by atoms with Crippen LogP contribution in [0.3, 0.4) is 0 Å². The molecule has 1 N–H and O–H groups in total. The number of hydrogen-bond acceptors (Lipinski definition) is 3. The van der Waals surface area contributed by atoms with Gasteiger partial charge in [-0.15, -0.1) is 11.3 Å². The molecule has 3 rings (SSSR count). The molecule has 0 bridgehead atoms. The first-order chi connectivity index (χ1) is 11.4. The third-order valence-electron chi connectivity index (χ3n) is 3.76. The number of aryl methyl sites for hydroxylation is 3.